The molecule has 3 heteroatoms. The van der Waals surface area contributed by atoms with Crippen molar-refractivity contribution in [1.29, 1.82) is 5.26 Å². The van der Waals surface area contributed by atoms with Crippen LogP contribution in [0.1, 0.15) is 12.5 Å². The quantitative estimate of drug-likeness (QED) is 0.708. The topological polar surface area (TPSA) is 42.2 Å². The highest BCUT2D eigenvalue weighted by Crippen LogP contribution is 2.22. The SMILES string of the molecule is CCOc1ccc(OC)cc1C#N. The Hall–Kier alpha value is -1.69. The van der Waals surface area contributed by atoms with Crippen molar-refractivity contribution in [3.63, 3.8) is 0 Å². The lowest BCUT2D eigenvalue weighted by atomic mass is 10.2. The average Bonchev–Trinajstić information content (AvgIpc) is 2.19. The van der Waals surface area contributed by atoms with Gasteiger partial charge in [0.15, 0.2) is 0 Å². The third-order valence-corrected chi connectivity index (χ3v) is 1.61. The first-order valence-corrected chi connectivity index (χ1v) is 4.02. The summed E-state index contributed by atoms with van der Waals surface area (Å²) in [6, 6.07) is 7.21. The third kappa shape index (κ3) is 2.12. The van der Waals surface area contributed by atoms with Crippen LogP contribution < -0.4 is 9.47 Å². The lowest BCUT2D eigenvalue weighted by Gasteiger charge is -2.06. The second-order valence-corrected chi connectivity index (χ2v) is 2.41. The van der Waals surface area contributed by atoms with Gasteiger partial charge in [-0.15, -0.1) is 0 Å². The van der Waals surface area contributed by atoms with Gasteiger partial charge in [-0.3, -0.25) is 0 Å². The van der Waals surface area contributed by atoms with Crippen LogP contribution in [0, 0.1) is 11.3 Å². The number of methoxy groups -OCH3 is 1. The number of benzene rings is 1. The maximum atomic E-state index is 8.78. The molecular weight excluding hydrogens is 166 g/mol. The molecule has 0 heterocycles. The van der Waals surface area contributed by atoms with Gasteiger partial charge in [-0.05, 0) is 19.1 Å². The predicted octanol–water partition coefficient (Wildman–Crippen LogP) is 1.97. The minimum atomic E-state index is 0.501. The summed E-state index contributed by atoms with van der Waals surface area (Å²) in [5, 5.41) is 8.78. The summed E-state index contributed by atoms with van der Waals surface area (Å²) >= 11 is 0. The zero-order chi connectivity index (χ0) is 9.68. The van der Waals surface area contributed by atoms with E-state index < -0.39 is 0 Å². The van der Waals surface area contributed by atoms with Gasteiger partial charge >= 0.3 is 0 Å². The summed E-state index contributed by atoms with van der Waals surface area (Å²) in [5.74, 6) is 1.27. The minimum Gasteiger partial charge on any atom is -0.497 e. The molecule has 0 aliphatic heterocycles. The number of ether oxygens (including phenoxy) is 2. The Kier molecular flexibility index (Phi) is 3.15. The van der Waals surface area contributed by atoms with Crippen molar-refractivity contribution in [2.24, 2.45) is 0 Å². The van der Waals surface area contributed by atoms with E-state index >= 15 is 0 Å². The molecule has 0 aliphatic rings. The highest BCUT2D eigenvalue weighted by molar-refractivity contribution is 5.47. The van der Waals surface area contributed by atoms with Crippen molar-refractivity contribution in [3.05, 3.63) is 23.8 Å². The molecule has 0 N–H and O–H groups in total. The molecular formula is C10H11NO2. The van der Waals surface area contributed by atoms with E-state index in [0.717, 1.165) is 0 Å². The van der Waals surface area contributed by atoms with E-state index in [0.29, 0.717) is 23.7 Å². The van der Waals surface area contributed by atoms with Crippen molar-refractivity contribution >= 4 is 0 Å². The van der Waals surface area contributed by atoms with Crippen LogP contribution in [-0.4, -0.2) is 13.7 Å². The second-order valence-electron chi connectivity index (χ2n) is 2.41. The van der Waals surface area contributed by atoms with Crippen molar-refractivity contribution < 1.29 is 9.47 Å². The predicted molar refractivity (Wildman–Crippen MR) is 48.9 cm³/mol. The summed E-state index contributed by atoms with van der Waals surface area (Å²) in [6.45, 7) is 2.44. The van der Waals surface area contributed by atoms with Crippen LogP contribution >= 0.6 is 0 Å². The number of rotatable bonds is 3. The summed E-state index contributed by atoms with van der Waals surface area (Å²) in [5.41, 5.74) is 0.501. The maximum Gasteiger partial charge on any atom is 0.137 e. The molecule has 0 aliphatic carbocycles. The normalized spacial score (nSPS) is 9.00. The molecule has 0 saturated carbocycles. The first kappa shape index (κ1) is 9.40. The van der Waals surface area contributed by atoms with Gasteiger partial charge < -0.3 is 9.47 Å². The van der Waals surface area contributed by atoms with Gasteiger partial charge in [0, 0.05) is 6.07 Å². The number of nitrogens with zero attached hydrogens (tertiary/aromatic N) is 1. The zero-order valence-corrected chi connectivity index (χ0v) is 7.70. The van der Waals surface area contributed by atoms with Gasteiger partial charge in [0.1, 0.15) is 17.6 Å². The fraction of sp³-hybridized carbons (Fsp3) is 0.300. The number of hydrogen-bond donors (Lipinski definition) is 0. The first-order valence-electron chi connectivity index (χ1n) is 4.02. The third-order valence-electron chi connectivity index (χ3n) is 1.61. The fourth-order valence-corrected chi connectivity index (χ4v) is 1.00. The number of hydrogen-bond acceptors (Lipinski definition) is 3. The highest BCUT2D eigenvalue weighted by Gasteiger charge is 2.03. The Bertz CT molecular complexity index is 328. The molecule has 13 heavy (non-hydrogen) atoms. The average molecular weight is 177 g/mol. The van der Waals surface area contributed by atoms with Crippen molar-refractivity contribution in [3.8, 4) is 17.6 Å². The van der Waals surface area contributed by atoms with Gasteiger partial charge in [-0.1, -0.05) is 0 Å². The second kappa shape index (κ2) is 4.36. The van der Waals surface area contributed by atoms with Gasteiger partial charge in [-0.25, -0.2) is 0 Å². The summed E-state index contributed by atoms with van der Waals surface area (Å²) in [6.07, 6.45) is 0. The Balaban J connectivity index is 3.02. The van der Waals surface area contributed by atoms with Crippen LogP contribution in [0.4, 0.5) is 0 Å². The van der Waals surface area contributed by atoms with E-state index in [4.69, 9.17) is 14.7 Å². The van der Waals surface area contributed by atoms with E-state index in [1.165, 1.54) is 0 Å². The molecule has 0 fully saturated rings. The van der Waals surface area contributed by atoms with E-state index in [2.05, 4.69) is 6.07 Å². The van der Waals surface area contributed by atoms with Crippen LogP contribution in [0.3, 0.4) is 0 Å². The Morgan fingerprint density at radius 3 is 2.77 bits per heavy atom. The van der Waals surface area contributed by atoms with Gasteiger partial charge in [0.25, 0.3) is 0 Å². The molecule has 0 saturated heterocycles. The minimum absolute atomic E-state index is 0.501. The smallest absolute Gasteiger partial charge is 0.137 e. The van der Waals surface area contributed by atoms with Crippen molar-refractivity contribution in [1.82, 2.24) is 0 Å². The zero-order valence-electron chi connectivity index (χ0n) is 7.70. The molecule has 68 valence electrons. The van der Waals surface area contributed by atoms with E-state index in [1.54, 1.807) is 25.3 Å². The molecule has 0 radical (unpaired) electrons. The lowest BCUT2D eigenvalue weighted by Crippen LogP contribution is -1.94. The lowest BCUT2D eigenvalue weighted by molar-refractivity contribution is 0.338. The maximum absolute atomic E-state index is 8.78. The van der Waals surface area contributed by atoms with Crippen LogP contribution in [0.2, 0.25) is 0 Å². The number of nitriles is 1. The Morgan fingerprint density at radius 2 is 2.23 bits per heavy atom. The van der Waals surface area contributed by atoms with Crippen molar-refractivity contribution in [2.45, 2.75) is 6.92 Å². The highest BCUT2D eigenvalue weighted by atomic mass is 16.5. The molecule has 0 unspecified atom stereocenters. The van der Waals surface area contributed by atoms with E-state index in [9.17, 15) is 0 Å². The first-order chi connectivity index (χ1) is 6.31. The Morgan fingerprint density at radius 1 is 1.46 bits per heavy atom. The monoisotopic (exact) mass is 177 g/mol. The van der Waals surface area contributed by atoms with Crippen LogP contribution in [0.25, 0.3) is 0 Å². The molecule has 0 aromatic heterocycles. The van der Waals surface area contributed by atoms with Gasteiger partial charge in [0.2, 0.25) is 0 Å². The van der Waals surface area contributed by atoms with E-state index in [1.807, 2.05) is 6.92 Å². The van der Waals surface area contributed by atoms with E-state index in [-0.39, 0.29) is 0 Å². The Labute approximate surface area is 77.5 Å². The molecule has 0 amide bonds. The summed E-state index contributed by atoms with van der Waals surface area (Å²) in [4.78, 5) is 0. The molecule has 3 nitrogen and oxygen atoms in total. The van der Waals surface area contributed by atoms with Crippen LogP contribution in [-0.2, 0) is 0 Å². The fourth-order valence-electron chi connectivity index (χ4n) is 1.00. The molecule has 0 spiro atoms. The van der Waals surface area contributed by atoms with Crippen molar-refractivity contribution in [2.75, 3.05) is 13.7 Å². The van der Waals surface area contributed by atoms with Gasteiger partial charge in [0.05, 0.1) is 19.3 Å². The largest absolute Gasteiger partial charge is 0.497 e. The van der Waals surface area contributed by atoms with Crippen LogP contribution in [0.15, 0.2) is 18.2 Å². The summed E-state index contributed by atoms with van der Waals surface area (Å²) < 4.78 is 10.2. The standard InChI is InChI=1S/C10H11NO2/c1-3-13-10-5-4-9(12-2)6-8(10)7-11/h4-6H,3H2,1-2H3. The molecule has 1 aromatic carbocycles. The molecule has 0 bridgehead atoms. The van der Waals surface area contributed by atoms with Crippen LogP contribution in [0.5, 0.6) is 11.5 Å². The molecule has 1 rings (SSSR count). The molecule has 1 aromatic rings. The van der Waals surface area contributed by atoms with Gasteiger partial charge in [-0.2, -0.15) is 5.26 Å². The summed E-state index contributed by atoms with van der Waals surface area (Å²) in [7, 11) is 1.57. The molecule has 0 atom stereocenters.